The van der Waals surface area contributed by atoms with Gasteiger partial charge in [-0.1, -0.05) is 0 Å². The van der Waals surface area contributed by atoms with Crippen molar-refractivity contribution in [2.75, 3.05) is 43.4 Å². The highest BCUT2D eigenvalue weighted by atomic mass is 32.1. The summed E-state index contributed by atoms with van der Waals surface area (Å²) in [5.41, 5.74) is 1.41. The standard InChI is InChI=1S/C15H18N4OS/c1-18-5-7-19(8-6-18)14-3-2-13(10-16-14)17-15(20)12-4-9-21-11-12/h2-4,9-11H,5-8H2,1H3,(H,17,20). The van der Waals surface area contributed by atoms with E-state index in [4.69, 9.17) is 0 Å². The molecule has 6 heteroatoms. The molecule has 0 unspecified atom stereocenters. The van der Waals surface area contributed by atoms with Crippen molar-refractivity contribution in [3.63, 3.8) is 0 Å². The van der Waals surface area contributed by atoms with Crippen LogP contribution in [-0.2, 0) is 0 Å². The zero-order chi connectivity index (χ0) is 14.7. The third kappa shape index (κ3) is 3.40. The Morgan fingerprint density at radius 3 is 2.67 bits per heavy atom. The van der Waals surface area contributed by atoms with Gasteiger partial charge in [0.1, 0.15) is 5.82 Å². The first kappa shape index (κ1) is 14.0. The lowest BCUT2D eigenvalue weighted by atomic mass is 10.3. The van der Waals surface area contributed by atoms with Crippen LogP contribution in [0.2, 0.25) is 0 Å². The molecule has 0 spiro atoms. The number of rotatable bonds is 3. The summed E-state index contributed by atoms with van der Waals surface area (Å²) in [7, 11) is 2.13. The Balaban J connectivity index is 1.63. The van der Waals surface area contributed by atoms with Gasteiger partial charge >= 0.3 is 0 Å². The zero-order valence-corrected chi connectivity index (χ0v) is 12.8. The molecule has 0 bridgehead atoms. The normalized spacial score (nSPS) is 16.0. The molecule has 1 saturated heterocycles. The molecule has 21 heavy (non-hydrogen) atoms. The van der Waals surface area contributed by atoms with Crippen LogP contribution in [-0.4, -0.2) is 49.0 Å². The first-order valence-electron chi connectivity index (χ1n) is 6.95. The summed E-state index contributed by atoms with van der Waals surface area (Å²) in [5.74, 6) is 0.877. The van der Waals surface area contributed by atoms with Gasteiger partial charge in [-0.25, -0.2) is 4.98 Å². The fourth-order valence-electron chi connectivity index (χ4n) is 2.28. The molecular formula is C15H18N4OS. The minimum absolute atomic E-state index is 0.0922. The van der Waals surface area contributed by atoms with Gasteiger partial charge in [0.2, 0.25) is 0 Å². The predicted octanol–water partition coefficient (Wildman–Crippen LogP) is 2.15. The average molecular weight is 302 g/mol. The van der Waals surface area contributed by atoms with Gasteiger partial charge in [-0.3, -0.25) is 4.79 Å². The molecule has 0 aromatic carbocycles. The smallest absolute Gasteiger partial charge is 0.256 e. The molecular weight excluding hydrogens is 284 g/mol. The topological polar surface area (TPSA) is 48.5 Å². The third-order valence-corrected chi connectivity index (χ3v) is 4.30. The molecule has 1 aliphatic rings. The van der Waals surface area contributed by atoms with E-state index in [1.54, 1.807) is 6.20 Å². The highest BCUT2D eigenvalue weighted by Gasteiger charge is 2.15. The summed E-state index contributed by atoms with van der Waals surface area (Å²) < 4.78 is 0. The monoisotopic (exact) mass is 302 g/mol. The number of nitrogens with one attached hydrogen (secondary N) is 1. The van der Waals surface area contributed by atoms with E-state index >= 15 is 0 Å². The van der Waals surface area contributed by atoms with Crippen molar-refractivity contribution in [1.29, 1.82) is 0 Å². The Labute approximate surface area is 128 Å². The van der Waals surface area contributed by atoms with Crippen molar-refractivity contribution >= 4 is 28.7 Å². The number of carbonyl (C=O) groups is 1. The fourth-order valence-corrected chi connectivity index (χ4v) is 2.92. The highest BCUT2D eigenvalue weighted by molar-refractivity contribution is 7.08. The molecule has 1 amide bonds. The summed E-state index contributed by atoms with van der Waals surface area (Å²) in [6.07, 6.45) is 1.72. The van der Waals surface area contributed by atoms with E-state index in [-0.39, 0.29) is 5.91 Å². The second-order valence-electron chi connectivity index (χ2n) is 5.16. The number of piperazine rings is 1. The number of thiophene rings is 1. The van der Waals surface area contributed by atoms with Gasteiger partial charge in [0.25, 0.3) is 5.91 Å². The van der Waals surface area contributed by atoms with E-state index in [2.05, 4.69) is 27.1 Å². The summed E-state index contributed by atoms with van der Waals surface area (Å²) in [4.78, 5) is 21.0. The van der Waals surface area contributed by atoms with E-state index in [0.717, 1.165) is 37.7 Å². The van der Waals surface area contributed by atoms with Gasteiger partial charge in [-0.15, -0.1) is 0 Å². The van der Waals surface area contributed by atoms with Crippen LogP contribution in [0.4, 0.5) is 11.5 Å². The number of aromatic nitrogens is 1. The summed E-state index contributed by atoms with van der Waals surface area (Å²) in [5, 5.41) is 6.59. The molecule has 1 aliphatic heterocycles. The van der Waals surface area contributed by atoms with Gasteiger partial charge in [0.15, 0.2) is 0 Å². The van der Waals surface area contributed by atoms with Crippen molar-refractivity contribution in [3.05, 3.63) is 40.7 Å². The number of anilines is 2. The minimum Gasteiger partial charge on any atom is -0.354 e. The largest absolute Gasteiger partial charge is 0.354 e. The van der Waals surface area contributed by atoms with Gasteiger partial charge in [0, 0.05) is 31.6 Å². The first-order chi connectivity index (χ1) is 10.2. The molecule has 1 N–H and O–H groups in total. The Bertz CT molecular complexity index is 589. The summed E-state index contributed by atoms with van der Waals surface area (Å²) >= 11 is 1.51. The molecule has 3 heterocycles. The Kier molecular flexibility index (Phi) is 4.17. The van der Waals surface area contributed by atoms with E-state index in [1.165, 1.54) is 11.3 Å². The van der Waals surface area contributed by atoms with E-state index in [0.29, 0.717) is 5.56 Å². The number of hydrogen-bond acceptors (Lipinski definition) is 5. The van der Waals surface area contributed by atoms with Crippen LogP contribution >= 0.6 is 11.3 Å². The average Bonchev–Trinajstić information content (AvgIpc) is 3.03. The van der Waals surface area contributed by atoms with Crippen LogP contribution < -0.4 is 10.2 Å². The molecule has 0 aliphatic carbocycles. The molecule has 0 radical (unpaired) electrons. The quantitative estimate of drug-likeness (QED) is 0.944. The van der Waals surface area contributed by atoms with Gasteiger partial charge in [-0.05, 0) is 30.6 Å². The molecule has 5 nitrogen and oxygen atoms in total. The molecule has 2 aromatic heterocycles. The molecule has 3 rings (SSSR count). The number of pyridine rings is 1. The lowest BCUT2D eigenvalue weighted by Gasteiger charge is -2.33. The molecule has 2 aromatic rings. The SMILES string of the molecule is CN1CCN(c2ccc(NC(=O)c3ccsc3)cn2)CC1. The van der Waals surface area contributed by atoms with Gasteiger partial charge in [-0.2, -0.15) is 11.3 Å². The summed E-state index contributed by atoms with van der Waals surface area (Å²) in [6, 6.07) is 5.69. The predicted molar refractivity (Wildman–Crippen MR) is 86.2 cm³/mol. The zero-order valence-electron chi connectivity index (χ0n) is 12.0. The van der Waals surface area contributed by atoms with Crippen LogP contribution in [0, 0.1) is 0 Å². The molecule has 1 fully saturated rings. The number of amides is 1. The van der Waals surface area contributed by atoms with E-state index in [9.17, 15) is 4.79 Å². The van der Waals surface area contributed by atoms with E-state index < -0.39 is 0 Å². The van der Waals surface area contributed by atoms with Crippen LogP contribution in [0.3, 0.4) is 0 Å². The molecule has 0 atom stereocenters. The number of nitrogens with zero attached hydrogens (tertiary/aromatic N) is 3. The minimum atomic E-state index is -0.0922. The lowest BCUT2D eigenvalue weighted by molar-refractivity contribution is 0.102. The number of likely N-dealkylation sites (N-methyl/N-ethyl adjacent to an activating group) is 1. The second kappa shape index (κ2) is 6.24. The summed E-state index contributed by atoms with van der Waals surface area (Å²) in [6.45, 7) is 4.09. The molecule has 0 saturated carbocycles. The fraction of sp³-hybridized carbons (Fsp3) is 0.333. The van der Waals surface area contributed by atoms with Crippen LogP contribution in [0.1, 0.15) is 10.4 Å². The number of carbonyl (C=O) groups excluding carboxylic acids is 1. The van der Waals surface area contributed by atoms with Crippen LogP contribution in [0.15, 0.2) is 35.2 Å². The maximum absolute atomic E-state index is 11.9. The first-order valence-corrected chi connectivity index (χ1v) is 7.90. The van der Waals surface area contributed by atoms with Gasteiger partial charge in [0.05, 0.1) is 17.4 Å². The van der Waals surface area contributed by atoms with Crippen molar-refractivity contribution in [1.82, 2.24) is 9.88 Å². The molecule has 110 valence electrons. The van der Waals surface area contributed by atoms with Crippen molar-refractivity contribution in [3.8, 4) is 0 Å². The Morgan fingerprint density at radius 1 is 1.24 bits per heavy atom. The van der Waals surface area contributed by atoms with Crippen molar-refractivity contribution in [2.24, 2.45) is 0 Å². The maximum atomic E-state index is 11.9. The second-order valence-corrected chi connectivity index (χ2v) is 5.94. The maximum Gasteiger partial charge on any atom is 0.256 e. The van der Waals surface area contributed by atoms with Crippen molar-refractivity contribution in [2.45, 2.75) is 0 Å². The van der Waals surface area contributed by atoms with Crippen LogP contribution in [0.25, 0.3) is 0 Å². The van der Waals surface area contributed by atoms with Crippen LogP contribution in [0.5, 0.6) is 0 Å². The third-order valence-electron chi connectivity index (χ3n) is 3.62. The Morgan fingerprint density at radius 2 is 2.05 bits per heavy atom. The highest BCUT2D eigenvalue weighted by Crippen LogP contribution is 2.17. The van der Waals surface area contributed by atoms with Crippen molar-refractivity contribution < 1.29 is 4.79 Å². The van der Waals surface area contributed by atoms with E-state index in [1.807, 2.05) is 29.0 Å². The number of hydrogen-bond donors (Lipinski definition) is 1. The van der Waals surface area contributed by atoms with Gasteiger partial charge < -0.3 is 15.1 Å². The Hall–Kier alpha value is -1.92. The lowest BCUT2D eigenvalue weighted by Crippen LogP contribution is -2.44.